The van der Waals surface area contributed by atoms with Gasteiger partial charge in [0.25, 0.3) is 5.91 Å². The van der Waals surface area contributed by atoms with Crippen LogP contribution in [0.25, 0.3) is 0 Å². The van der Waals surface area contributed by atoms with Crippen molar-refractivity contribution in [2.45, 2.75) is 51.2 Å². The third-order valence-electron chi connectivity index (χ3n) is 5.37. The molecule has 0 radical (unpaired) electrons. The molecule has 2 saturated heterocycles. The number of benzene rings is 1. The van der Waals surface area contributed by atoms with Gasteiger partial charge in [-0.3, -0.25) is 14.9 Å². The molecule has 0 spiro atoms. The van der Waals surface area contributed by atoms with E-state index in [1.165, 1.54) is 4.31 Å². The normalized spacial score (nSPS) is 25.0. The number of hydrogen-bond donors (Lipinski definition) is 3. The van der Waals surface area contributed by atoms with Crippen molar-refractivity contribution in [1.29, 1.82) is 0 Å². The van der Waals surface area contributed by atoms with Gasteiger partial charge in [0, 0.05) is 13.1 Å². The van der Waals surface area contributed by atoms with E-state index in [1.54, 1.807) is 38.1 Å². The Balaban J connectivity index is 1.62. The van der Waals surface area contributed by atoms with Crippen LogP contribution in [0.2, 0.25) is 0 Å². The highest BCUT2D eigenvalue weighted by atomic mass is 32.2. The first-order valence-corrected chi connectivity index (χ1v) is 11.3. The van der Waals surface area contributed by atoms with Crippen LogP contribution in [0.5, 0.6) is 0 Å². The molecule has 2 aliphatic rings. The van der Waals surface area contributed by atoms with E-state index in [1.807, 2.05) is 0 Å². The first-order valence-electron chi connectivity index (χ1n) is 9.67. The average Bonchev–Trinajstić information content (AvgIpc) is 3.26. The van der Waals surface area contributed by atoms with E-state index in [9.17, 15) is 22.8 Å². The lowest BCUT2D eigenvalue weighted by Gasteiger charge is -2.23. The lowest BCUT2D eigenvalue weighted by molar-refractivity contribution is -0.124. The number of rotatable bonds is 7. The molecular formula is C19H26N4O5S. The van der Waals surface area contributed by atoms with Gasteiger partial charge < -0.3 is 10.6 Å². The number of carbonyl (C=O) groups is 3. The van der Waals surface area contributed by atoms with Crippen molar-refractivity contribution in [2.75, 3.05) is 12.3 Å². The molecule has 2 atom stereocenters. The molecule has 0 bridgehead atoms. The molecule has 0 aromatic heterocycles. The van der Waals surface area contributed by atoms with Crippen LogP contribution >= 0.6 is 0 Å². The highest BCUT2D eigenvalue weighted by molar-refractivity contribution is 7.89. The summed E-state index contributed by atoms with van der Waals surface area (Å²) in [6.07, 6.45) is 1.69. The van der Waals surface area contributed by atoms with Gasteiger partial charge in [0.05, 0.1) is 5.75 Å². The maximum Gasteiger partial charge on any atom is 0.322 e. The van der Waals surface area contributed by atoms with Crippen LogP contribution in [-0.2, 0) is 31.7 Å². The van der Waals surface area contributed by atoms with Crippen molar-refractivity contribution in [3.8, 4) is 0 Å². The van der Waals surface area contributed by atoms with E-state index in [0.29, 0.717) is 31.4 Å². The van der Waals surface area contributed by atoms with E-state index >= 15 is 0 Å². The summed E-state index contributed by atoms with van der Waals surface area (Å²) in [7, 11) is -3.42. The van der Waals surface area contributed by atoms with Crippen molar-refractivity contribution in [1.82, 2.24) is 20.3 Å². The molecule has 1 aromatic rings. The lowest BCUT2D eigenvalue weighted by Crippen LogP contribution is -2.46. The molecular weight excluding hydrogens is 396 g/mol. The summed E-state index contributed by atoms with van der Waals surface area (Å²) in [6, 6.07) is 5.77. The van der Waals surface area contributed by atoms with Crippen LogP contribution in [0, 0.1) is 0 Å². The molecule has 29 heavy (non-hydrogen) atoms. The molecule has 3 N–H and O–H groups in total. The minimum absolute atomic E-state index is 0.0428. The second-order valence-corrected chi connectivity index (χ2v) is 9.57. The van der Waals surface area contributed by atoms with E-state index < -0.39 is 33.5 Å². The first-order chi connectivity index (χ1) is 13.7. The molecule has 0 aliphatic carbocycles. The molecule has 2 aliphatic heterocycles. The monoisotopic (exact) mass is 422 g/mol. The SMILES string of the molecule is CCCS(=O)(=O)N1CCC[C@H]1C(=O)NCc1ccc([C@]2(C)NC(=O)NC2=O)cc1. The van der Waals surface area contributed by atoms with Gasteiger partial charge in [0.2, 0.25) is 15.9 Å². The maximum atomic E-state index is 12.6. The predicted octanol–water partition coefficient (Wildman–Crippen LogP) is 0.562. The molecule has 9 nitrogen and oxygen atoms in total. The zero-order chi connectivity index (χ0) is 21.2. The van der Waals surface area contributed by atoms with Crippen LogP contribution in [0.15, 0.2) is 24.3 Å². The minimum atomic E-state index is -3.42. The molecule has 3 rings (SSSR count). The Morgan fingerprint density at radius 3 is 2.55 bits per heavy atom. The number of sulfonamides is 1. The van der Waals surface area contributed by atoms with Crippen molar-refractivity contribution >= 4 is 27.9 Å². The molecule has 10 heteroatoms. The highest BCUT2D eigenvalue weighted by Gasteiger charge is 2.43. The van der Waals surface area contributed by atoms with E-state index in [2.05, 4.69) is 16.0 Å². The Hall–Kier alpha value is -2.46. The number of carbonyl (C=O) groups excluding carboxylic acids is 3. The van der Waals surface area contributed by atoms with Gasteiger partial charge in [-0.1, -0.05) is 31.2 Å². The fourth-order valence-electron chi connectivity index (χ4n) is 3.72. The summed E-state index contributed by atoms with van der Waals surface area (Å²) in [4.78, 5) is 36.0. The second-order valence-electron chi connectivity index (χ2n) is 7.53. The molecule has 0 unspecified atom stereocenters. The molecule has 4 amide bonds. The topological polar surface area (TPSA) is 125 Å². The fraction of sp³-hybridized carbons (Fsp3) is 0.526. The standard InChI is InChI=1S/C19H26N4O5S/c1-3-11-29(27,28)23-10-4-5-15(23)16(24)20-12-13-6-8-14(9-7-13)19(2)17(25)21-18(26)22-19/h6-9,15H,3-5,10-12H2,1-2H3,(H,20,24)(H2,21,22,25,26)/t15-,19-/m0/s1. The predicted molar refractivity (Wildman–Crippen MR) is 106 cm³/mol. The van der Waals surface area contributed by atoms with Crippen LogP contribution in [-0.4, -0.2) is 48.9 Å². The first kappa shape index (κ1) is 21.3. The largest absolute Gasteiger partial charge is 0.351 e. The average molecular weight is 423 g/mol. The van der Waals surface area contributed by atoms with E-state index in [-0.39, 0.29) is 18.2 Å². The molecule has 1 aromatic carbocycles. The number of amides is 4. The summed E-state index contributed by atoms with van der Waals surface area (Å²) >= 11 is 0. The summed E-state index contributed by atoms with van der Waals surface area (Å²) in [5, 5.41) is 7.62. The van der Waals surface area contributed by atoms with Gasteiger partial charge in [0.1, 0.15) is 11.6 Å². The summed E-state index contributed by atoms with van der Waals surface area (Å²) in [5.41, 5.74) is 0.302. The van der Waals surface area contributed by atoms with Crippen molar-refractivity contribution in [2.24, 2.45) is 0 Å². The minimum Gasteiger partial charge on any atom is -0.351 e. The van der Waals surface area contributed by atoms with Gasteiger partial charge in [-0.15, -0.1) is 0 Å². The quantitative estimate of drug-likeness (QED) is 0.554. The number of urea groups is 1. The lowest BCUT2D eigenvalue weighted by atomic mass is 9.91. The molecule has 0 saturated carbocycles. The Kier molecular flexibility index (Phi) is 5.95. The van der Waals surface area contributed by atoms with Gasteiger partial charge in [-0.2, -0.15) is 4.31 Å². The van der Waals surface area contributed by atoms with Crippen molar-refractivity contribution < 1.29 is 22.8 Å². The van der Waals surface area contributed by atoms with Gasteiger partial charge in [0.15, 0.2) is 0 Å². The zero-order valence-electron chi connectivity index (χ0n) is 16.5. The van der Waals surface area contributed by atoms with Crippen LogP contribution < -0.4 is 16.0 Å². The number of imide groups is 1. The third kappa shape index (κ3) is 4.27. The van der Waals surface area contributed by atoms with Gasteiger partial charge >= 0.3 is 6.03 Å². The van der Waals surface area contributed by atoms with E-state index in [4.69, 9.17) is 0 Å². The Morgan fingerprint density at radius 2 is 1.97 bits per heavy atom. The third-order valence-corrected chi connectivity index (χ3v) is 7.44. The van der Waals surface area contributed by atoms with Crippen molar-refractivity contribution in [3.05, 3.63) is 35.4 Å². The zero-order valence-corrected chi connectivity index (χ0v) is 17.3. The number of nitrogens with one attached hydrogen (secondary N) is 3. The summed E-state index contributed by atoms with van der Waals surface area (Å²) < 4.78 is 26.0. The summed E-state index contributed by atoms with van der Waals surface area (Å²) in [6.45, 7) is 4.04. The van der Waals surface area contributed by atoms with Crippen molar-refractivity contribution in [3.63, 3.8) is 0 Å². The Morgan fingerprint density at radius 1 is 1.28 bits per heavy atom. The van der Waals surface area contributed by atoms with Gasteiger partial charge in [-0.05, 0) is 37.3 Å². The van der Waals surface area contributed by atoms with E-state index in [0.717, 1.165) is 5.56 Å². The van der Waals surface area contributed by atoms with Crippen LogP contribution in [0.3, 0.4) is 0 Å². The highest BCUT2D eigenvalue weighted by Crippen LogP contribution is 2.25. The Labute approximate surface area is 170 Å². The van der Waals surface area contributed by atoms with Crippen LogP contribution in [0.4, 0.5) is 4.79 Å². The molecule has 158 valence electrons. The molecule has 2 fully saturated rings. The number of hydrogen-bond acceptors (Lipinski definition) is 5. The Bertz CT molecular complexity index is 915. The maximum absolute atomic E-state index is 12.6. The second kappa shape index (κ2) is 8.11. The smallest absolute Gasteiger partial charge is 0.322 e. The van der Waals surface area contributed by atoms with Crippen LogP contribution in [0.1, 0.15) is 44.2 Å². The summed E-state index contributed by atoms with van der Waals surface area (Å²) in [5.74, 6) is -0.681. The fourth-order valence-corrected chi connectivity index (χ4v) is 5.47. The van der Waals surface area contributed by atoms with Gasteiger partial charge in [-0.25, -0.2) is 13.2 Å². The molecule has 2 heterocycles. The number of nitrogens with zero attached hydrogens (tertiary/aromatic N) is 1.